The summed E-state index contributed by atoms with van der Waals surface area (Å²) in [5, 5.41) is 0. The second kappa shape index (κ2) is 6.92. The molecule has 0 aromatic rings. The third kappa shape index (κ3) is 5.29. The van der Waals surface area contributed by atoms with Crippen molar-refractivity contribution in [1.29, 1.82) is 0 Å². The molecule has 0 radical (unpaired) electrons. The van der Waals surface area contributed by atoms with E-state index < -0.39 is 24.3 Å². The Labute approximate surface area is 120 Å². The Morgan fingerprint density at radius 3 is 1.53 bits per heavy atom. The van der Waals surface area contributed by atoms with Gasteiger partial charge in [-0.2, -0.15) is 8.42 Å². The fourth-order valence-corrected chi connectivity index (χ4v) is 8.84. The molecule has 5 heteroatoms. The predicted octanol–water partition coefficient (Wildman–Crippen LogP) is 3.57. The molecule has 0 aliphatic rings. The largest absolute Gasteiger partial charge is 0.265 e. The lowest BCUT2D eigenvalue weighted by Gasteiger charge is -2.38. The normalized spacial score (nSPS) is 14.7. The van der Waals surface area contributed by atoms with Gasteiger partial charge in [-0.25, -0.2) is 0 Å². The van der Waals surface area contributed by atoms with Crippen LogP contribution in [0.5, 0.6) is 0 Å². The Balaban J connectivity index is 5.37. The Hall–Kier alpha value is -0.313. The van der Waals surface area contributed by atoms with Gasteiger partial charge in [-0.1, -0.05) is 47.5 Å². The van der Waals surface area contributed by atoms with Gasteiger partial charge in [-0.3, -0.25) is 4.18 Å². The minimum Gasteiger partial charge on any atom is -0.254 e. The average Bonchev–Trinajstić information content (AvgIpc) is 2.13. The van der Waals surface area contributed by atoms with Gasteiger partial charge in [-0.15, -0.1) is 5.54 Å². The quantitative estimate of drug-likeness (QED) is 0.443. The molecule has 112 valence electrons. The maximum absolute atomic E-state index is 11.1. The maximum Gasteiger partial charge on any atom is 0.265 e. The third-order valence-corrected chi connectivity index (χ3v) is 10.6. The highest BCUT2D eigenvalue weighted by molar-refractivity contribution is 7.86. The molecule has 0 aromatic carbocycles. The Morgan fingerprint density at radius 1 is 0.895 bits per heavy atom. The monoisotopic (exact) mass is 304 g/mol. The van der Waals surface area contributed by atoms with Crippen LogP contribution in [0.3, 0.4) is 0 Å². The summed E-state index contributed by atoms with van der Waals surface area (Å²) in [6.07, 6.45) is 0.488. The minimum atomic E-state index is -3.44. The highest BCUT2D eigenvalue weighted by Crippen LogP contribution is 2.40. The van der Waals surface area contributed by atoms with Crippen molar-refractivity contribution >= 4 is 18.2 Å². The SMILES string of the molecule is CC(C)[Si](C#C[C@@H](C)OS(C)(=O)=O)(C(C)C)C(C)C. The molecule has 0 N–H and O–H groups in total. The van der Waals surface area contributed by atoms with Crippen molar-refractivity contribution < 1.29 is 12.6 Å². The van der Waals surface area contributed by atoms with Crippen molar-refractivity contribution in [2.24, 2.45) is 0 Å². The van der Waals surface area contributed by atoms with Crippen LogP contribution in [0.2, 0.25) is 16.6 Å². The van der Waals surface area contributed by atoms with Crippen molar-refractivity contribution in [2.75, 3.05) is 6.26 Å². The van der Waals surface area contributed by atoms with E-state index in [0.29, 0.717) is 16.6 Å². The zero-order valence-electron chi connectivity index (χ0n) is 13.4. The summed E-state index contributed by atoms with van der Waals surface area (Å²) >= 11 is 0. The Morgan fingerprint density at radius 2 is 1.26 bits per heavy atom. The first-order valence-corrected chi connectivity index (χ1v) is 10.9. The average molecular weight is 305 g/mol. The van der Waals surface area contributed by atoms with Gasteiger partial charge in [0, 0.05) is 0 Å². The highest BCUT2D eigenvalue weighted by atomic mass is 32.2. The third-order valence-electron chi connectivity index (χ3n) is 3.68. The molecule has 0 spiro atoms. The first kappa shape index (κ1) is 18.7. The smallest absolute Gasteiger partial charge is 0.254 e. The van der Waals surface area contributed by atoms with Crippen molar-refractivity contribution in [1.82, 2.24) is 0 Å². The van der Waals surface area contributed by atoms with Gasteiger partial charge in [-0.05, 0) is 23.5 Å². The lowest BCUT2D eigenvalue weighted by Crippen LogP contribution is -2.43. The molecule has 0 amide bonds. The molecule has 0 rings (SSSR count). The summed E-state index contributed by atoms with van der Waals surface area (Å²) in [6.45, 7) is 15.0. The molecular weight excluding hydrogens is 276 g/mol. The van der Waals surface area contributed by atoms with E-state index >= 15 is 0 Å². The van der Waals surface area contributed by atoms with Gasteiger partial charge in [0.25, 0.3) is 10.1 Å². The van der Waals surface area contributed by atoms with Gasteiger partial charge in [0.2, 0.25) is 0 Å². The van der Waals surface area contributed by atoms with Crippen molar-refractivity contribution in [3.8, 4) is 11.5 Å². The molecule has 0 heterocycles. The molecule has 3 nitrogen and oxygen atoms in total. The fourth-order valence-electron chi connectivity index (χ4n) is 2.95. The standard InChI is InChI=1S/C14H28O3SSi/c1-11(2)19(12(3)4,13(5)6)10-9-14(7)17-18(8,15)16/h11-14H,1-8H3/t14-/m1/s1. The first-order chi connectivity index (χ1) is 8.43. The van der Waals surface area contributed by atoms with Gasteiger partial charge in [0.15, 0.2) is 0 Å². The molecule has 0 fully saturated rings. The topological polar surface area (TPSA) is 43.4 Å². The number of hydrogen-bond acceptors (Lipinski definition) is 3. The number of rotatable bonds is 5. The highest BCUT2D eigenvalue weighted by Gasteiger charge is 2.41. The molecule has 0 aromatic heterocycles. The van der Waals surface area contributed by atoms with Crippen LogP contribution in [0.1, 0.15) is 48.5 Å². The maximum atomic E-state index is 11.1. The van der Waals surface area contributed by atoms with Crippen molar-refractivity contribution in [3.63, 3.8) is 0 Å². The predicted molar refractivity (Wildman–Crippen MR) is 84.2 cm³/mol. The van der Waals surface area contributed by atoms with E-state index in [2.05, 4.69) is 53.0 Å². The summed E-state index contributed by atoms with van der Waals surface area (Å²) in [7, 11) is -5.24. The van der Waals surface area contributed by atoms with Crippen LogP contribution in [0.25, 0.3) is 0 Å². The number of hydrogen-bond donors (Lipinski definition) is 0. The van der Waals surface area contributed by atoms with Gasteiger partial charge in [0.1, 0.15) is 14.2 Å². The summed E-state index contributed by atoms with van der Waals surface area (Å²) in [5.74, 6) is 3.03. The Bertz CT molecular complexity index is 419. The first-order valence-electron chi connectivity index (χ1n) is 6.84. The zero-order valence-corrected chi connectivity index (χ0v) is 15.3. The lowest BCUT2D eigenvalue weighted by molar-refractivity contribution is 0.286. The van der Waals surface area contributed by atoms with Gasteiger partial charge in [0.05, 0.1) is 6.26 Å². The van der Waals surface area contributed by atoms with Crippen LogP contribution < -0.4 is 0 Å². The summed E-state index contributed by atoms with van der Waals surface area (Å²) in [5.41, 5.74) is 5.05. The molecule has 0 bridgehead atoms. The molecular formula is C14H28O3SSi. The summed E-state index contributed by atoms with van der Waals surface area (Å²) in [6, 6.07) is 0. The van der Waals surface area contributed by atoms with Crippen LogP contribution in [-0.2, 0) is 14.3 Å². The Kier molecular flexibility index (Phi) is 6.80. The molecule has 1 atom stereocenters. The molecule has 19 heavy (non-hydrogen) atoms. The minimum absolute atomic E-state index is 0.533. The van der Waals surface area contributed by atoms with E-state index in [-0.39, 0.29) is 0 Å². The van der Waals surface area contributed by atoms with Gasteiger partial charge < -0.3 is 0 Å². The fraction of sp³-hybridized carbons (Fsp3) is 0.857. The van der Waals surface area contributed by atoms with Gasteiger partial charge >= 0.3 is 0 Å². The zero-order chi connectivity index (χ0) is 15.4. The van der Waals surface area contributed by atoms with Crippen LogP contribution in [0.15, 0.2) is 0 Å². The van der Waals surface area contributed by atoms with E-state index in [1.54, 1.807) is 6.92 Å². The molecule has 0 aliphatic carbocycles. The van der Waals surface area contributed by atoms with Crippen molar-refractivity contribution in [3.05, 3.63) is 0 Å². The van der Waals surface area contributed by atoms with Crippen LogP contribution in [0, 0.1) is 11.5 Å². The second-order valence-electron chi connectivity index (χ2n) is 6.11. The van der Waals surface area contributed by atoms with E-state index in [9.17, 15) is 8.42 Å². The van der Waals surface area contributed by atoms with E-state index in [4.69, 9.17) is 4.18 Å². The second-order valence-corrected chi connectivity index (χ2v) is 13.3. The molecule has 0 saturated heterocycles. The van der Waals surface area contributed by atoms with E-state index in [1.807, 2.05) is 0 Å². The lowest BCUT2D eigenvalue weighted by atomic mass is 10.4. The molecule has 0 aliphatic heterocycles. The van der Waals surface area contributed by atoms with Crippen LogP contribution in [-0.4, -0.2) is 28.9 Å². The molecule has 0 unspecified atom stereocenters. The van der Waals surface area contributed by atoms with E-state index in [0.717, 1.165) is 6.26 Å². The van der Waals surface area contributed by atoms with Crippen LogP contribution >= 0.6 is 0 Å². The van der Waals surface area contributed by atoms with Crippen molar-refractivity contribution in [2.45, 2.75) is 71.2 Å². The summed E-state index contributed by atoms with van der Waals surface area (Å²) in [4.78, 5) is 0. The molecule has 0 saturated carbocycles. The summed E-state index contributed by atoms with van der Waals surface area (Å²) < 4.78 is 27.1. The van der Waals surface area contributed by atoms with E-state index in [1.165, 1.54) is 0 Å². The van der Waals surface area contributed by atoms with Crippen LogP contribution in [0.4, 0.5) is 0 Å².